The SMILES string of the molecule is Cc1c[nH]c2cc(S(=O)(=O)O)ccc12. The van der Waals surface area contributed by atoms with E-state index in [2.05, 4.69) is 4.98 Å². The van der Waals surface area contributed by atoms with Crippen molar-refractivity contribution in [2.24, 2.45) is 0 Å². The Hall–Kier alpha value is -1.33. The first-order chi connectivity index (χ1) is 6.48. The Balaban J connectivity index is 2.76. The fraction of sp³-hybridized carbons (Fsp3) is 0.111. The van der Waals surface area contributed by atoms with Crippen LogP contribution in [0.2, 0.25) is 0 Å². The van der Waals surface area contributed by atoms with Crippen LogP contribution >= 0.6 is 0 Å². The monoisotopic (exact) mass is 211 g/mol. The van der Waals surface area contributed by atoms with Gasteiger partial charge in [-0.15, -0.1) is 0 Å². The summed E-state index contributed by atoms with van der Waals surface area (Å²) in [6.07, 6.45) is 1.79. The number of hydrogen-bond donors (Lipinski definition) is 2. The molecule has 2 rings (SSSR count). The standard InChI is InChI=1S/C9H9NO3S/c1-6-5-10-9-4-7(14(11,12)13)2-3-8(6)9/h2-5,10H,1H3,(H,11,12,13). The maximum Gasteiger partial charge on any atom is 0.294 e. The fourth-order valence-electron chi connectivity index (χ4n) is 1.41. The van der Waals surface area contributed by atoms with Crippen molar-refractivity contribution in [3.63, 3.8) is 0 Å². The summed E-state index contributed by atoms with van der Waals surface area (Å²) in [5.41, 5.74) is 1.75. The topological polar surface area (TPSA) is 70.2 Å². The molecule has 0 aliphatic rings. The summed E-state index contributed by atoms with van der Waals surface area (Å²) in [4.78, 5) is 2.83. The molecule has 2 N–H and O–H groups in total. The van der Waals surface area contributed by atoms with Crippen LogP contribution in [-0.4, -0.2) is 18.0 Å². The van der Waals surface area contributed by atoms with Crippen LogP contribution in [0.15, 0.2) is 29.3 Å². The molecule has 1 aromatic heterocycles. The van der Waals surface area contributed by atoms with Crippen molar-refractivity contribution in [3.8, 4) is 0 Å². The minimum atomic E-state index is -4.11. The second-order valence-electron chi connectivity index (χ2n) is 3.15. The van der Waals surface area contributed by atoms with Crippen LogP contribution in [0.5, 0.6) is 0 Å². The van der Waals surface area contributed by atoms with Gasteiger partial charge in [0, 0.05) is 17.1 Å². The van der Waals surface area contributed by atoms with Crippen LogP contribution in [0.4, 0.5) is 0 Å². The summed E-state index contributed by atoms with van der Waals surface area (Å²) in [5.74, 6) is 0. The van der Waals surface area contributed by atoms with E-state index in [1.54, 1.807) is 12.3 Å². The smallest absolute Gasteiger partial charge is 0.294 e. The minimum Gasteiger partial charge on any atom is -0.361 e. The summed E-state index contributed by atoms with van der Waals surface area (Å²) in [7, 11) is -4.11. The highest BCUT2D eigenvalue weighted by Crippen LogP contribution is 2.20. The van der Waals surface area contributed by atoms with Gasteiger partial charge in [-0.3, -0.25) is 4.55 Å². The molecule has 0 spiro atoms. The molecule has 0 saturated carbocycles. The number of nitrogens with one attached hydrogen (secondary N) is 1. The fourth-order valence-corrected chi connectivity index (χ4v) is 1.92. The van der Waals surface area contributed by atoms with Gasteiger partial charge in [-0.2, -0.15) is 8.42 Å². The Morgan fingerprint density at radius 1 is 1.36 bits per heavy atom. The summed E-state index contributed by atoms with van der Waals surface area (Å²) in [6, 6.07) is 4.47. The molecule has 0 unspecified atom stereocenters. The molecule has 14 heavy (non-hydrogen) atoms. The molecule has 0 aliphatic heterocycles. The number of hydrogen-bond acceptors (Lipinski definition) is 2. The average molecular weight is 211 g/mol. The van der Waals surface area contributed by atoms with E-state index in [0.29, 0.717) is 5.52 Å². The lowest BCUT2D eigenvalue weighted by molar-refractivity contribution is 0.483. The molecule has 0 amide bonds. The van der Waals surface area contributed by atoms with Gasteiger partial charge in [-0.1, -0.05) is 6.07 Å². The van der Waals surface area contributed by atoms with Crippen LogP contribution in [0.25, 0.3) is 10.9 Å². The minimum absolute atomic E-state index is 0.0909. The predicted octanol–water partition coefficient (Wildman–Crippen LogP) is 1.72. The summed E-state index contributed by atoms with van der Waals surface area (Å²) >= 11 is 0. The quantitative estimate of drug-likeness (QED) is 0.705. The zero-order valence-corrected chi connectivity index (χ0v) is 8.30. The van der Waals surface area contributed by atoms with Crippen molar-refractivity contribution >= 4 is 21.0 Å². The van der Waals surface area contributed by atoms with Crippen LogP contribution in [0.1, 0.15) is 5.56 Å². The highest BCUT2D eigenvalue weighted by molar-refractivity contribution is 7.85. The molecule has 1 heterocycles. The Labute approximate surface area is 81.3 Å². The van der Waals surface area contributed by atoms with Crippen LogP contribution in [0.3, 0.4) is 0 Å². The number of aryl methyl sites for hydroxylation is 1. The number of rotatable bonds is 1. The maximum atomic E-state index is 10.8. The van der Waals surface area contributed by atoms with E-state index in [1.807, 2.05) is 6.92 Å². The molecule has 1 aromatic carbocycles. The van der Waals surface area contributed by atoms with Crippen molar-refractivity contribution in [3.05, 3.63) is 30.0 Å². The molecule has 0 bridgehead atoms. The van der Waals surface area contributed by atoms with Gasteiger partial charge in [-0.05, 0) is 24.6 Å². The predicted molar refractivity (Wildman–Crippen MR) is 52.9 cm³/mol. The van der Waals surface area contributed by atoms with Crippen LogP contribution in [-0.2, 0) is 10.1 Å². The third-order valence-corrected chi connectivity index (χ3v) is 3.01. The van der Waals surface area contributed by atoms with Gasteiger partial charge in [0.2, 0.25) is 0 Å². The van der Waals surface area contributed by atoms with Gasteiger partial charge >= 0.3 is 0 Å². The first-order valence-corrected chi connectivity index (χ1v) is 5.48. The average Bonchev–Trinajstić information content (AvgIpc) is 2.46. The van der Waals surface area contributed by atoms with Gasteiger partial charge in [-0.25, -0.2) is 0 Å². The molecule has 2 aromatic rings. The lowest BCUT2D eigenvalue weighted by Gasteiger charge is -1.97. The molecule has 0 aliphatic carbocycles. The summed E-state index contributed by atoms with van der Waals surface area (Å²) in [6.45, 7) is 1.92. The number of benzene rings is 1. The van der Waals surface area contributed by atoms with Crippen molar-refractivity contribution in [1.82, 2.24) is 4.98 Å². The van der Waals surface area contributed by atoms with Crippen molar-refractivity contribution in [2.45, 2.75) is 11.8 Å². The molecule has 0 saturated heterocycles. The van der Waals surface area contributed by atoms with Crippen LogP contribution in [0, 0.1) is 6.92 Å². The third-order valence-electron chi connectivity index (χ3n) is 2.16. The molecule has 0 atom stereocenters. The number of H-pyrrole nitrogens is 1. The zero-order chi connectivity index (χ0) is 10.3. The maximum absolute atomic E-state index is 10.8. The van der Waals surface area contributed by atoms with Gasteiger partial charge < -0.3 is 4.98 Å². The molecule has 0 fully saturated rings. The van der Waals surface area contributed by atoms with E-state index in [0.717, 1.165) is 10.9 Å². The Bertz CT molecular complexity index is 583. The summed E-state index contributed by atoms with van der Waals surface area (Å²) < 4.78 is 30.5. The van der Waals surface area contributed by atoms with E-state index in [4.69, 9.17) is 4.55 Å². The lowest BCUT2D eigenvalue weighted by atomic mass is 10.2. The second kappa shape index (κ2) is 2.83. The first-order valence-electron chi connectivity index (χ1n) is 4.04. The molecule has 74 valence electrons. The van der Waals surface area contributed by atoms with Gasteiger partial charge in [0.05, 0.1) is 4.90 Å². The molecular formula is C9H9NO3S. The summed E-state index contributed by atoms with van der Waals surface area (Å²) in [5, 5.41) is 0.956. The van der Waals surface area contributed by atoms with E-state index in [9.17, 15) is 8.42 Å². The van der Waals surface area contributed by atoms with Gasteiger partial charge in [0.15, 0.2) is 0 Å². The normalized spacial score (nSPS) is 12.1. The van der Waals surface area contributed by atoms with Gasteiger partial charge in [0.1, 0.15) is 0 Å². The molecule has 0 radical (unpaired) electrons. The molecule has 5 heteroatoms. The van der Waals surface area contributed by atoms with Crippen molar-refractivity contribution in [1.29, 1.82) is 0 Å². The molecular weight excluding hydrogens is 202 g/mol. The Kier molecular flexibility index (Phi) is 1.87. The van der Waals surface area contributed by atoms with E-state index >= 15 is 0 Å². The van der Waals surface area contributed by atoms with Gasteiger partial charge in [0.25, 0.3) is 10.1 Å². The number of fused-ring (bicyclic) bond motifs is 1. The van der Waals surface area contributed by atoms with Crippen molar-refractivity contribution in [2.75, 3.05) is 0 Å². The number of aromatic amines is 1. The number of aromatic nitrogens is 1. The Morgan fingerprint density at radius 3 is 2.71 bits per heavy atom. The first kappa shape index (κ1) is 9.23. The van der Waals surface area contributed by atoms with E-state index < -0.39 is 10.1 Å². The van der Waals surface area contributed by atoms with Crippen LogP contribution < -0.4 is 0 Å². The third kappa shape index (κ3) is 1.40. The highest BCUT2D eigenvalue weighted by atomic mass is 32.2. The van der Waals surface area contributed by atoms with E-state index in [-0.39, 0.29) is 4.90 Å². The van der Waals surface area contributed by atoms with Crippen molar-refractivity contribution < 1.29 is 13.0 Å². The highest BCUT2D eigenvalue weighted by Gasteiger charge is 2.10. The largest absolute Gasteiger partial charge is 0.361 e. The zero-order valence-electron chi connectivity index (χ0n) is 7.48. The molecule has 4 nitrogen and oxygen atoms in total. The second-order valence-corrected chi connectivity index (χ2v) is 4.58. The van der Waals surface area contributed by atoms with E-state index in [1.165, 1.54) is 12.1 Å². The Morgan fingerprint density at radius 2 is 2.07 bits per heavy atom. The lowest BCUT2D eigenvalue weighted by Crippen LogP contribution is -1.97.